The lowest BCUT2D eigenvalue weighted by molar-refractivity contribution is 0.199. The van der Waals surface area contributed by atoms with E-state index in [9.17, 15) is 0 Å². The largest absolute Gasteiger partial charge is 0.499 e. The maximum atomic E-state index is 5.70. The predicted molar refractivity (Wildman–Crippen MR) is 125 cm³/mol. The third-order valence-corrected chi connectivity index (χ3v) is 4.22. The van der Waals surface area contributed by atoms with Gasteiger partial charge < -0.3 is 4.74 Å². The maximum Gasteiger partial charge on any atom is 0.0891 e. The molecule has 1 nitrogen and oxygen atoms in total. The lowest BCUT2D eigenvalue weighted by atomic mass is 9.79. The average Bonchev–Trinajstić information content (AvgIpc) is 2.62. The van der Waals surface area contributed by atoms with E-state index in [4.69, 9.17) is 4.74 Å². The van der Waals surface area contributed by atoms with Gasteiger partial charge in [-0.05, 0) is 40.4 Å². The number of hydrogen-bond acceptors (Lipinski definition) is 1. The van der Waals surface area contributed by atoms with E-state index in [1.165, 1.54) is 16.7 Å². The third-order valence-electron chi connectivity index (χ3n) is 4.22. The zero-order valence-corrected chi connectivity index (χ0v) is 20.4. The molecule has 0 aliphatic heterocycles. The first-order valence-corrected chi connectivity index (χ1v) is 11.0. The normalized spacial score (nSPS) is 10.9. The Morgan fingerprint density at radius 3 is 1.67 bits per heavy atom. The van der Waals surface area contributed by atoms with Gasteiger partial charge in [0.05, 0.1) is 12.4 Å². The van der Waals surface area contributed by atoms with Crippen molar-refractivity contribution in [2.45, 2.75) is 113 Å². The zero-order chi connectivity index (χ0) is 21.7. The second kappa shape index (κ2) is 13.9. The van der Waals surface area contributed by atoms with E-state index in [1.807, 2.05) is 27.7 Å². The van der Waals surface area contributed by atoms with Gasteiger partial charge in [0.15, 0.2) is 0 Å². The van der Waals surface area contributed by atoms with Crippen LogP contribution in [0.3, 0.4) is 0 Å². The van der Waals surface area contributed by atoms with Crippen LogP contribution in [0.5, 0.6) is 0 Å². The summed E-state index contributed by atoms with van der Waals surface area (Å²) in [6.45, 7) is 28.7. The van der Waals surface area contributed by atoms with Crippen LogP contribution in [0.25, 0.3) is 0 Å². The molecule has 0 aliphatic rings. The van der Waals surface area contributed by atoms with Crippen LogP contribution in [0.4, 0.5) is 0 Å². The summed E-state index contributed by atoms with van der Waals surface area (Å²) in [5, 5.41) is 0. The first kappa shape index (κ1) is 28.0. The molecule has 0 aromatic heterocycles. The van der Waals surface area contributed by atoms with E-state index in [0.717, 1.165) is 38.0 Å². The molecule has 0 N–H and O–H groups in total. The first-order chi connectivity index (χ1) is 12.5. The van der Waals surface area contributed by atoms with E-state index in [-0.39, 0.29) is 10.8 Å². The van der Waals surface area contributed by atoms with Crippen molar-refractivity contribution in [3.8, 4) is 0 Å². The van der Waals surface area contributed by atoms with Crippen molar-refractivity contribution in [1.82, 2.24) is 0 Å². The van der Waals surface area contributed by atoms with E-state index < -0.39 is 0 Å². The first-order valence-electron chi connectivity index (χ1n) is 11.0. The van der Waals surface area contributed by atoms with Crippen LogP contribution in [0.2, 0.25) is 0 Å². The highest BCUT2D eigenvalue weighted by molar-refractivity contribution is 5.37. The Balaban J connectivity index is 0. The molecule has 0 saturated heterocycles. The van der Waals surface area contributed by atoms with E-state index >= 15 is 0 Å². The smallest absolute Gasteiger partial charge is 0.0891 e. The molecule has 0 bridgehead atoms. The van der Waals surface area contributed by atoms with Crippen molar-refractivity contribution >= 4 is 0 Å². The summed E-state index contributed by atoms with van der Waals surface area (Å²) >= 11 is 0. The summed E-state index contributed by atoms with van der Waals surface area (Å²) in [6, 6.07) is 7.08. The molecule has 0 fully saturated rings. The minimum absolute atomic E-state index is 0.171. The molecule has 1 rings (SSSR count). The van der Waals surface area contributed by atoms with Crippen LogP contribution in [0.1, 0.15) is 112 Å². The molecule has 0 amide bonds. The fourth-order valence-corrected chi connectivity index (χ4v) is 2.42. The predicted octanol–water partition coefficient (Wildman–Crippen LogP) is 8.60. The molecule has 1 heteroatoms. The zero-order valence-electron chi connectivity index (χ0n) is 20.4. The number of unbranched alkanes of at least 4 members (excludes halogenated alkanes) is 1. The summed E-state index contributed by atoms with van der Waals surface area (Å²) in [6.07, 6.45) is 4.17. The van der Waals surface area contributed by atoms with Gasteiger partial charge in [-0.3, -0.25) is 0 Å². The molecule has 0 radical (unpaired) electrons. The molecule has 1 aromatic carbocycles. The molecule has 0 atom stereocenters. The number of rotatable bonds is 7. The molecular weight excluding hydrogens is 328 g/mol. The van der Waals surface area contributed by atoms with Crippen molar-refractivity contribution in [3.63, 3.8) is 0 Å². The highest BCUT2D eigenvalue weighted by Gasteiger charge is 2.20. The van der Waals surface area contributed by atoms with Gasteiger partial charge in [-0.15, -0.1) is 0 Å². The third kappa shape index (κ3) is 12.0. The van der Waals surface area contributed by atoms with Gasteiger partial charge >= 0.3 is 0 Å². The van der Waals surface area contributed by atoms with Crippen molar-refractivity contribution in [1.29, 1.82) is 0 Å². The molecule has 0 heterocycles. The van der Waals surface area contributed by atoms with Crippen LogP contribution in [0.15, 0.2) is 30.5 Å². The lowest BCUT2D eigenvalue weighted by Gasteiger charge is -2.26. The van der Waals surface area contributed by atoms with Gasteiger partial charge in [0, 0.05) is 6.42 Å². The van der Waals surface area contributed by atoms with Gasteiger partial charge in [-0.2, -0.15) is 0 Å². The Bertz CT molecular complexity index is 480. The topological polar surface area (TPSA) is 9.23 Å². The highest BCUT2D eigenvalue weighted by atomic mass is 16.5. The highest BCUT2D eigenvalue weighted by Crippen LogP contribution is 2.30. The van der Waals surface area contributed by atoms with E-state index in [0.29, 0.717) is 0 Å². The average molecular weight is 377 g/mol. The second-order valence-electron chi connectivity index (χ2n) is 8.66. The molecule has 0 saturated carbocycles. The van der Waals surface area contributed by atoms with Crippen LogP contribution < -0.4 is 0 Å². The van der Waals surface area contributed by atoms with Gasteiger partial charge in [-0.1, -0.05) is 107 Å². The molecule has 158 valence electrons. The Labute approximate surface area is 171 Å². The number of benzene rings is 1. The molecule has 0 aliphatic carbocycles. The molecule has 0 unspecified atom stereocenters. The summed E-state index contributed by atoms with van der Waals surface area (Å²) < 4.78 is 5.70. The molecular formula is C26H48O. The van der Waals surface area contributed by atoms with Crippen LogP contribution in [-0.2, 0) is 22.0 Å². The number of hydrogen-bond donors (Lipinski definition) is 0. The quantitative estimate of drug-likeness (QED) is 0.342. The van der Waals surface area contributed by atoms with Gasteiger partial charge in [-0.25, -0.2) is 0 Å². The molecule has 27 heavy (non-hydrogen) atoms. The van der Waals surface area contributed by atoms with Crippen molar-refractivity contribution < 1.29 is 4.74 Å². The Kier molecular flexibility index (Phi) is 14.4. The Hall–Kier alpha value is -1.24. The monoisotopic (exact) mass is 376 g/mol. The lowest BCUT2D eigenvalue weighted by Crippen LogP contribution is -2.17. The van der Waals surface area contributed by atoms with Crippen molar-refractivity contribution in [2.24, 2.45) is 0 Å². The standard InChI is InChI=1S/C22H36O.2C2H6/c1-9-10-13-23-17(2)11-12-18-14-19(21(3,4)5)16-20(15-18)22(6,7)8;2*1-2/h14-16H,2,9-13H2,1,3-8H3;2*1-2H3. The number of aryl methyl sites for hydroxylation is 1. The van der Waals surface area contributed by atoms with E-state index in [2.05, 4.69) is 73.2 Å². The van der Waals surface area contributed by atoms with Crippen molar-refractivity contribution in [2.75, 3.05) is 6.61 Å². The summed E-state index contributed by atoms with van der Waals surface area (Å²) in [5.74, 6) is 0.914. The van der Waals surface area contributed by atoms with Crippen LogP contribution in [0, 0.1) is 0 Å². The second-order valence-corrected chi connectivity index (χ2v) is 8.66. The maximum absolute atomic E-state index is 5.70. The van der Waals surface area contributed by atoms with Gasteiger partial charge in [0.2, 0.25) is 0 Å². The summed E-state index contributed by atoms with van der Waals surface area (Å²) in [7, 11) is 0. The Morgan fingerprint density at radius 2 is 1.30 bits per heavy atom. The van der Waals surface area contributed by atoms with Gasteiger partial charge in [0.25, 0.3) is 0 Å². The fourth-order valence-electron chi connectivity index (χ4n) is 2.42. The number of allylic oxidation sites excluding steroid dienone is 1. The van der Waals surface area contributed by atoms with Crippen molar-refractivity contribution in [3.05, 3.63) is 47.2 Å². The minimum Gasteiger partial charge on any atom is -0.499 e. The summed E-state index contributed by atoms with van der Waals surface area (Å²) in [5.41, 5.74) is 4.56. The Morgan fingerprint density at radius 1 is 0.852 bits per heavy atom. The van der Waals surface area contributed by atoms with Crippen LogP contribution >= 0.6 is 0 Å². The molecule has 0 spiro atoms. The van der Waals surface area contributed by atoms with Crippen LogP contribution in [-0.4, -0.2) is 6.61 Å². The minimum atomic E-state index is 0.171. The van der Waals surface area contributed by atoms with Gasteiger partial charge in [0.1, 0.15) is 0 Å². The number of ether oxygens (including phenoxy) is 1. The SMILES string of the molecule is C=C(CCc1cc(C(C)(C)C)cc(C(C)(C)C)c1)OCCCC.CC.CC. The fraction of sp³-hybridized carbons (Fsp3) is 0.692. The molecule has 1 aromatic rings. The summed E-state index contributed by atoms with van der Waals surface area (Å²) in [4.78, 5) is 0. The van der Waals surface area contributed by atoms with E-state index in [1.54, 1.807) is 0 Å².